The summed E-state index contributed by atoms with van der Waals surface area (Å²) in [5.41, 5.74) is 3.25. The number of nitrogens with zero attached hydrogens (tertiary/aromatic N) is 3. The first kappa shape index (κ1) is 5.70. The summed E-state index contributed by atoms with van der Waals surface area (Å²) in [6, 6.07) is 1.94. The summed E-state index contributed by atoms with van der Waals surface area (Å²) < 4.78 is 0. The molecule has 0 radical (unpaired) electrons. The van der Waals surface area contributed by atoms with Crippen LogP contribution < -0.4 is 0 Å². The number of H-pyrrole nitrogens is 2. The predicted molar refractivity (Wildman–Crippen MR) is 47.8 cm³/mol. The summed E-state index contributed by atoms with van der Waals surface area (Å²) in [7, 11) is 0. The normalized spacial score (nSPS) is 11.3. The molecule has 0 aliphatic rings. The summed E-state index contributed by atoms with van der Waals surface area (Å²) in [5.74, 6) is 0. The number of aromatic amines is 2. The lowest BCUT2D eigenvalue weighted by Crippen LogP contribution is -1.78. The first-order chi connectivity index (χ1) is 5.93. The van der Waals surface area contributed by atoms with Crippen LogP contribution >= 0.6 is 0 Å². The van der Waals surface area contributed by atoms with Gasteiger partial charge in [0.05, 0.1) is 23.7 Å². The van der Waals surface area contributed by atoms with Gasteiger partial charge < -0.3 is 9.97 Å². The van der Waals surface area contributed by atoms with Crippen LogP contribution in [0.25, 0.3) is 22.3 Å². The van der Waals surface area contributed by atoms with Gasteiger partial charge in [-0.1, -0.05) is 0 Å². The van der Waals surface area contributed by atoms with E-state index in [0.717, 1.165) is 11.0 Å². The van der Waals surface area contributed by atoms with E-state index in [0.29, 0.717) is 11.3 Å². The molecule has 0 aliphatic heterocycles. The van der Waals surface area contributed by atoms with Crippen LogP contribution in [0.4, 0.5) is 0 Å². The second-order valence-corrected chi connectivity index (χ2v) is 2.54. The highest BCUT2D eigenvalue weighted by atomic mass is 15.0. The molecule has 0 aliphatic carbocycles. The van der Waals surface area contributed by atoms with E-state index in [9.17, 15) is 0 Å². The molecule has 5 heteroatoms. The fourth-order valence-corrected chi connectivity index (χ4v) is 1.23. The molecule has 0 aromatic carbocycles. The van der Waals surface area contributed by atoms with Gasteiger partial charge in [0.2, 0.25) is 0 Å². The highest BCUT2D eigenvalue weighted by molar-refractivity contribution is 5.84. The average Bonchev–Trinajstić information content (AvgIpc) is 2.64. The third-order valence-corrected chi connectivity index (χ3v) is 1.80. The van der Waals surface area contributed by atoms with Gasteiger partial charge in [-0.3, -0.25) is 0 Å². The minimum Gasteiger partial charge on any atom is -0.343 e. The number of nitrogens with one attached hydrogen (secondary N) is 2. The van der Waals surface area contributed by atoms with Crippen LogP contribution in [-0.4, -0.2) is 24.9 Å². The van der Waals surface area contributed by atoms with Gasteiger partial charge in [0.25, 0.3) is 0 Å². The summed E-state index contributed by atoms with van der Waals surface area (Å²) in [6.45, 7) is 0. The molecule has 62 valence electrons. The number of hydrogen-bond acceptors (Lipinski definition) is 3. The van der Waals surface area contributed by atoms with Gasteiger partial charge in [0.15, 0.2) is 11.3 Å². The molecule has 0 amide bonds. The summed E-state index contributed by atoms with van der Waals surface area (Å²) in [4.78, 5) is 18.2. The molecule has 3 rings (SSSR count). The lowest BCUT2D eigenvalue weighted by molar-refractivity contribution is 1.29. The molecular formula is C7H9N5. The monoisotopic (exact) mass is 163 g/mol. The molecule has 5 nitrogen and oxygen atoms in total. The van der Waals surface area contributed by atoms with Crippen molar-refractivity contribution in [3.63, 3.8) is 0 Å². The topological polar surface area (TPSA) is 70.2 Å². The molecule has 3 aromatic heterocycles. The van der Waals surface area contributed by atoms with E-state index in [2.05, 4.69) is 24.9 Å². The molecular weight excluding hydrogens is 154 g/mol. The Morgan fingerprint density at radius 1 is 1.00 bits per heavy atom. The molecule has 0 bridgehead atoms. The molecule has 0 unspecified atom stereocenters. The van der Waals surface area contributed by atoms with Gasteiger partial charge >= 0.3 is 0 Å². The Hall–Kier alpha value is -1.91. The summed E-state index contributed by atoms with van der Waals surface area (Å²) >= 11 is 0. The third-order valence-electron chi connectivity index (χ3n) is 1.80. The molecule has 0 spiro atoms. The summed E-state index contributed by atoms with van der Waals surface area (Å²) in [6.07, 6.45) is 3.24. The van der Waals surface area contributed by atoms with Crippen LogP contribution in [0.2, 0.25) is 0 Å². The van der Waals surface area contributed by atoms with E-state index in [1.807, 2.05) is 6.07 Å². The van der Waals surface area contributed by atoms with Gasteiger partial charge in [0.1, 0.15) is 0 Å². The number of rotatable bonds is 0. The SMILES string of the molecule is [HH].[HH].c1nc2nc3nc[nH]c3cc2[nH]1. The van der Waals surface area contributed by atoms with Crippen molar-refractivity contribution in [2.75, 3.05) is 0 Å². The number of imidazole rings is 2. The molecule has 0 atom stereocenters. The number of hydrogen-bond donors (Lipinski definition) is 2. The Kier molecular flexibility index (Phi) is 0.864. The van der Waals surface area contributed by atoms with Gasteiger partial charge in [-0.25, -0.2) is 15.0 Å². The van der Waals surface area contributed by atoms with E-state index < -0.39 is 0 Å². The van der Waals surface area contributed by atoms with E-state index in [-0.39, 0.29) is 2.85 Å². The predicted octanol–water partition coefficient (Wildman–Crippen LogP) is 1.33. The largest absolute Gasteiger partial charge is 0.343 e. The van der Waals surface area contributed by atoms with E-state index in [1.165, 1.54) is 0 Å². The first-order valence-electron chi connectivity index (χ1n) is 3.57. The fourth-order valence-electron chi connectivity index (χ4n) is 1.23. The van der Waals surface area contributed by atoms with E-state index >= 15 is 0 Å². The van der Waals surface area contributed by atoms with E-state index in [4.69, 9.17) is 0 Å². The number of fused-ring (bicyclic) bond motifs is 2. The van der Waals surface area contributed by atoms with Crippen molar-refractivity contribution in [1.82, 2.24) is 24.9 Å². The van der Waals surface area contributed by atoms with Gasteiger partial charge in [0, 0.05) is 2.85 Å². The van der Waals surface area contributed by atoms with Crippen molar-refractivity contribution in [3.8, 4) is 0 Å². The van der Waals surface area contributed by atoms with Crippen LogP contribution in [0.5, 0.6) is 0 Å². The minimum absolute atomic E-state index is 0. The maximum Gasteiger partial charge on any atom is 0.179 e. The van der Waals surface area contributed by atoms with Crippen LogP contribution in [0.3, 0.4) is 0 Å². The van der Waals surface area contributed by atoms with Crippen molar-refractivity contribution >= 4 is 22.3 Å². The van der Waals surface area contributed by atoms with Gasteiger partial charge in [-0.05, 0) is 6.07 Å². The molecule has 2 N–H and O–H groups in total. The van der Waals surface area contributed by atoms with Crippen LogP contribution in [0.15, 0.2) is 18.7 Å². The molecule has 0 fully saturated rings. The van der Waals surface area contributed by atoms with Crippen LogP contribution in [0.1, 0.15) is 2.85 Å². The molecule has 0 saturated heterocycles. The zero-order valence-corrected chi connectivity index (χ0v) is 6.07. The highest BCUT2D eigenvalue weighted by Gasteiger charge is 2.01. The molecule has 3 aromatic rings. The Morgan fingerprint density at radius 2 is 1.58 bits per heavy atom. The highest BCUT2D eigenvalue weighted by Crippen LogP contribution is 2.12. The molecule has 12 heavy (non-hydrogen) atoms. The Balaban J connectivity index is 0.000000490. The number of aromatic nitrogens is 5. The quantitative estimate of drug-likeness (QED) is 0.525. The standard InChI is InChI=1S/C7H5N5.2H2/c1-4-6(10-2-8-4)12-7-5(1)9-3-11-7;;/h1-3H,(H2,8,9,10,11,12);2*1H. The maximum absolute atomic E-state index is 4.21. The minimum atomic E-state index is 0. The second kappa shape index (κ2) is 1.82. The summed E-state index contributed by atoms with van der Waals surface area (Å²) in [5, 5.41) is 0. The van der Waals surface area contributed by atoms with Crippen LogP contribution in [-0.2, 0) is 0 Å². The second-order valence-electron chi connectivity index (χ2n) is 2.54. The number of pyridine rings is 1. The lowest BCUT2D eigenvalue weighted by atomic mass is 10.4. The Bertz CT molecular complexity index is 452. The Morgan fingerprint density at radius 3 is 2.17 bits per heavy atom. The smallest absolute Gasteiger partial charge is 0.179 e. The van der Waals surface area contributed by atoms with Crippen molar-refractivity contribution in [2.45, 2.75) is 0 Å². The third kappa shape index (κ3) is 0.597. The van der Waals surface area contributed by atoms with Gasteiger partial charge in [-0.2, -0.15) is 0 Å². The van der Waals surface area contributed by atoms with E-state index in [1.54, 1.807) is 12.7 Å². The zero-order valence-electron chi connectivity index (χ0n) is 6.07. The fraction of sp³-hybridized carbons (Fsp3) is 0. The lowest BCUT2D eigenvalue weighted by Gasteiger charge is -1.86. The zero-order chi connectivity index (χ0) is 7.97. The first-order valence-corrected chi connectivity index (χ1v) is 3.57. The van der Waals surface area contributed by atoms with Gasteiger partial charge in [-0.15, -0.1) is 0 Å². The van der Waals surface area contributed by atoms with Crippen LogP contribution in [0, 0.1) is 0 Å². The molecule has 3 heterocycles. The Labute approximate surface area is 69.8 Å². The maximum atomic E-state index is 4.21. The van der Waals surface area contributed by atoms with Crippen molar-refractivity contribution in [3.05, 3.63) is 18.7 Å². The average molecular weight is 163 g/mol. The van der Waals surface area contributed by atoms with Crippen molar-refractivity contribution in [2.24, 2.45) is 0 Å². The van der Waals surface area contributed by atoms with Crippen molar-refractivity contribution in [1.29, 1.82) is 0 Å². The van der Waals surface area contributed by atoms with Crippen molar-refractivity contribution < 1.29 is 2.85 Å². The molecule has 0 saturated carbocycles.